The Labute approximate surface area is 133 Å². The summed E-state index contributed by atoms with van der Waals surface area (Å²) in [5, 5.41) is 0.909. The molecule has 0 N–H and O–H groups in total. The highest BCUT2D eigenvalue weighted by Crippen LogP contribution is 2.39. The molecule has 1 aliphatic rings. The molecule has 0 spiro atoms. The maximum absolute atomic E-state index is 12.6. The van der Waals surface area contributed by atoms with Crippen molar-refractivity contribution in [2.75, 3.05) is 6.61 Å². The Kier molecular flexibility index (Phi) is 3.46. The van der Waals surface area contributed by atoms with Gasteiger partial charge in [0.25, 0.3) is 0 Å². The SMILES string of the molecule is CC1(C)COc2ccc(C(=O)c3cc(Cl)cc(Cl)c3)cc21. The van der Waals surface area contributed by atoms with E-state index in [0.29, 0.717) is 27.8 Å². The van der Waals surface area contributed by atoms with Crippen molar-refractivity contribution in [1.82, 2.24) is 0 Å². The first-order valence-corrected chi connectivity index (χ1v) is 7.40. The maximum Gasteiger partial charge on any atom is 0.193 e. The van der Waals surface area contributed by atoms with E-state index in [9.17, 15) is 4.79 Å². The number of hydrogen-bond acceptors (Lipinski definition) is 2. The zero-order valence-electron chi connectivity index (χ0n) is 11.7. The van der Waals surface area contributed by atoms with Gasteiger partial charge in [-0.2, -0.15) is 0 Å². The fourth-order valence-electron chi connectivity index (χ4n) is 2.51. The van der Waals surface area contributed by atoms with E-state index < -0.39 is 0 Å². The van der Waals surface area contributed by atoms with Crippen LogP contribution in [0.1, 0.15) is 35.3 Å². The summed E-state index contributed by atoms with van der Waals surface area (Å²) >= 11 is 11.9. The van der Waals surface area contributed by atoms with Gasteiger partial charge >= 0.3 is 0 Å². The number of benzene rings is 2. The Hall–Kier alpha value is -1.51. The zero-order valence-corrected chi connectivity index (χ0v) is 13.3. The second kappa shape index (κ2) is 5.04. The Morgan fingerprint density at radius 3 is 2.38 bits per heavy atom. The monoisotopic (exact) mass is 320 g/mol. The number of halogens is 2. The van der Waals surface area contributed by atoms with Gasteiger partial charge in [-0.1, -0.05) is 37.0 Å². The molecule has 21 heavy (non-hydrogen) atoms. The number of rotatable bonds is 2. The summed E-state index contributed by atoms with van der Waals surface area (Å²) in [6.45, 7) is 4.83. The van der Waals surface area contributed by atoms with Crippen LogP contribution in [-0.4, -0.2) is 12.4 Å². The minimum atomic E-state index is -0.0927. The predicted molar refractivity (Wildman–Crippen MR) is 84.9 cm³/mol. The first-order chi connectivity index (χ1) is 9.87. The molecular formula is C17H14Cl2O2. The highest BCUT2D eigenvalue weighted by atomic mass is 35.5. The third-order valence-electron chi connectivity index (χ3n) is 3.68. The van der Waals surface area contributed by atoms with E-state index in [1.165, 1.54) is 0 Å². The molecule has 0 fully saturated rings. The van der Waals surface area contributed by atoms with Crippen molar-refractivity contribution in [1.29, 1.82) is 0 Å². The lowest BCUT2D eigenvalue weighted by atomic mass is 9.85. The number of carbonyl (C=O) groups excluding carboxylic acids is 1. The third-order valence-corrected chi connectivity index (χ3v) is 4.12. The average molecular weight is 321 g/mol. The molecule has 0 radical (unpaired) electrons. The van der Waals surface area contributed by atoms with E-state index >= 15 is 0 Å². The van der Waals surface area contributed by atoms with Gasteiger partial charge in [-0.15, -0.1) is 0 Å². The number of ketones is 1. The van der Waals surface area contributed by atoms with E-state index in [2.05, 4.69) is 13.8 Å². The lowest BCUT2D eigenvalue weighted by molar-refractivity contribution is 0.103. The van der Waals surface area contributed by atoms with Gasteiger partial charge in [-0.3, -0.25) is 4.79 Å². The highest BCUT2D eigenvalue weighted by Gasteiger charge is 2.32. The van der Waals surface area contributed by atoms with Gasteiger partial charge in [0.2, 0.25) is 0 Å². The fourth-order valence-corrected chi connectivity index (χ4v) is 3.04. The number of fused-ring (bicyclic) bond motifs is 1. The molecule has 0 aliphatic carbocycles. The molecule has 4 heteroatoms. The van der Waals surface area contributed by atoms with Gasteiger partial charge in [-0.05, 0) is 36.4 Å². The Morgan fingerprint density at radius 1 is 1.05 bits per heavy atom. The van der Waals surface area contributed by atoms with Crippen LogP contribution in [0.5, 0.6) is 5.75 Å². The standard InChI is InChI=1S/C17H14Cl2O2/c1-17(2)9-21-15-4-3-10(7-14(15)17)16(20)11-5-12(18)8-13(19)6-11/h3-8H,9H2,1-2H3. The number of carbonyl (C=O) groups is 1. The van der Waals surface area contributed by atoms with Crippen molar-refractivity contribution in [2.45, 2.75) is 19.3 Å². The molecule has 2 nitrogen and oxygen atoms in total. The summed E-state index contributed by atoms with van der Waals surface area (Å²) in [6.07, 6.45) is 0. The van der Waals surface area contributed by atoms with Gasteiger partial charge in [0.15, 0.2) is 5.78 Å². The summed E-state index contributed by atoms with van der Waals surface area (Å²) in [6, 6.07) is 10.4. The summed E-state index contributed by atoms with van der Waals surface area (Å²) in [5.41, 5.74) is 2.08. The Bertz CT molecular complexity index is 715. The second-order valence-electron chi connectivity index (χ2n) is 5.87. The lowest BCUT2D eigenvalue weighted by Crippen LogP contribution is -2.18. The van der Waals surface area contributed by atoms with Crippen LogP contribution in [0.2, 0.25) is 10.0 Å². The van der Waals surface area contributed by atoms with Crippen LogP contribution < -0.4 is 4.74 Å². The average Bonchev–Trinajstić information content (AvgIpc) is 2.72. The largest absolute Gasteiger partial charge is 0.492 e. The van der Waals surface area contributed by atoms with Crippen LogP contribution >= 0.6 is 23.2 Å². The van der Waals surface area contributed by atoms with E-state index in [1.54, 1.807) is 24.3 Å². The first-order valence-electron chi connectivity index (χ1n) is 6.65. The summed E-state index contributed by atoms with van der Waals surface area (Å²) < 4.78 is 5.64. The first kappa shape index (κ1) is 14.4. The molecule has 2 aromatic rings. The van der Waals surface area contributed by atoms with Crippen molar-refractivity contribution in [3.63, 3.8) is 0 Å². The zero-order chi connectivity index (χ0) is 15.2. The van der Waals surface area contributed by atoms with Crippen LogP contribution in [0.3, 0.4) is 0 Å². The van der Waals surface area contributed by atoms with Crippen molar-refractivity contribution >= 4 is 29.0 Å². The van der Waals surface area contributed by atoms with E-state index in [1.807, 2.05) is 12.1 Å². The minimum absolute atomic E-state index is 0.0857. The van der Waals surface area contributed by atoms with Crippen LogP contribution in [-0.2, 0) is 5.41 Å². The fraction of sp³-hybridized carbons (Fsp3) is 0.235. The number of ether oxygens (including phenoxy) is 1. The lowest BCUT2D eigenvalue weighted by Gasteiger charge is -2.15. The van der Waals surface area contributed by atoms with Crippen molar-refractivity contribution in [2.24, 2.45) is 0 Å². The Morgan fingerprint density at radius 2 is 1.71 bits per heavy atom. The van der Waals surface area contributed by atoms with Gasteiger partial charge in [0, 0.05) is 32.2 Å². The van der Waals surface area contributed by atoms with Gasteiger partial charge in [0.05, 0.1) is 6.61 Å². The Balaban J connectivity index is 2.03. The molecule has 2 aromatic carbocycles. The maximum atomic E-state index is 12.6. The van der Waals surface area contributed by atoms with Crippen molar-refractivity contribution in [3.05, 3.63) is 63.1 Å². The van der Waals surface area contributed by atoms with Crippen molar-refractivity contribution < 1.29 is 9.53 Å². The molecule has 0 aromatic heterocycles. The quantitative estimate of drug-likeness (QED) is 0.736. The van der Waals surface area contributed by atoms with Crippen LogP contribution in [0, 0.1) is 0 Å². The van der Waals surface area contributed by atoms with Gasteiger partial charge in [0.1, 0.15) is 5.75 Å². The van der Waals surface area contributed by atoms with E-state index in [-0.39, 0.29) is 11.2 Å². The molecule has 0 atom stereocenters. The molecule has 108 valence electrons. The normalized spacial score (nSPS) is 15.4. The van der Waals surface area contributed by atoms with Gasteiger partial charge in [-0.25, -0.2) is 0 Å². The summed E-state index contributed by atoms with van der Waals surface area (Å²) in [7, 11) is 0. The molecule has 0 unspecified atom stereocenters. The highest BCUT2D eigenvalue weighted by molar-refractivity contribution is 6.35. The molecule has 0 amide bonds. The molecule has 0 saturated heterocycles. The molecule has 1 aliphatic heterocycles. The smallest absolute Gasteiger partial charge is 0.193 e. The summed E-state index contributed by atoms with van der Waals surface area (Å²) in [4.78, 5) is 12.6. The molecule has 1 heterocycles. The third kappa shape index (κ3) is 2.66. The molecule has 0 saturated carbocycles. The molecule has 0 bridgehead atoms. The van der Waals surface area contributed by atoms with Crippen LogP contribution in [0.4, 0.5) is 0 Å². The van der Waals surface area contributed by atoms with Crippen LogP contribution in [0.25, 0.3) is 0 Å². The molecule has 3 rings (SSSR count). The number of hydrogen-bond donors (Lipinski definition) is 0. The summed E-state index contributed by atoms with van der Waals surface area (Å²) in [5.74, 6) is 0.755. The second-order valence-corrected chi connectivity index (χ2v) is 6.74. The van der Waals surface area contributed by atoms with Crippen molar-refractivity contribution in [3.8, 4) is 5.75 Å². The molecular weight excluding hydrogens is 307 g/mol. The minimum Gasteiger partial charge on any atom is -0.492 e. The van der Waals surface area contributed by atoms with E-state index in [0.717, 1.165) is 11.3 Å². The predicted octanol–water partition coefficient (Wildman–Crippen LogP) is 4.89. The van der Waals surface area contributed by atoms with Gasteiger partial charge < -0.3 is 4.74 Å². The van der Waals surface area contributed by atoms with Crippen LogP contribution in [0.15, 0.2) is 36.4 Å². The van der Waals surface area contributed by atoms with E-state index in [4.69, 9.17) is 27.9 Å². The topological polar surface area (TPSA) is 26.3 Å².